The van der Waals surface area contributed by atoms with Crippen LogP contribution in [0.2, 0.25) is 0 Å². The van der Waals surface area contributed by atoms with E-state index in [2.05, 4.69) is 21.2 Å². The molecule has 132 valence electrons. The second-order valence-electron chi connectivity index (χ2n) is 6.16. The number of benzene rings is 3. The predicted octanol–water partition coefficient (Wildman–Crippen LogP) is 4.06. The first-order chi connectivity index (χ1) is 12.4. The third-order valence-corrected chi connectivity index (χ3v) is 7.08. The molecule has 7 heteroatoms. The fourth-order valence-corrected chi connectivity index (χ4v) is 5.18. The van der Waals surface area contributed by atoms with E-state index in [0.29, 0.717) is 16.8 Å². The summed E-state index contributed by atoms with van der Waals surface area (Å²) in [6, 6.07) is 16.0. The zero-order chi connectivity index (χ0) is 18.5. The molecular weight excluding hydrogens is 416 g/mol. The molecule has 0 unspecified atom stereocenters. The molecule has 0 fully saturated rings. The van der Waals surface area contributed by atoms with Gasteiger partial charge in [0.05, 0.1) is 10.6 Å². The molecule has 0 saturated carbocycles. The van der Waals surface area contributed by atoms with Gasteiger partial charge in [0.15, 0.2) is 0 Å². The molecule has 1 N–H and O–H groups in total. The van der Waals surface area contributed by atoms with E-state index in [0.717, 1.165) is 15.4 Å². The van der Waals surface area contributed by atoms with Crippen molar-refractivity contribution >= 4 is 54.0 Å². The molecule has 3 aromatic carbocycles. The number of amides is 1. The van der Waals surface area contributed by atoms with Gasteiger partial charge in [-0.2, -0.15) is 0 Å². The zero-order valence-electron chi connectivity index (χ0n) is 13.9. The summed E-state index contributed by atoms with van der Waals surface area (Å²) in [4.78, 5) is 12.7. The maximum atomic E-state index is 12.9. The van der Waals surface area contributed by atoms with Gasteiger partial charge in [-0.15, -0.1) is 0 Å². The highest BCUT2D eigenvalue weighted by molar-refractivity contribution is 9.10. The van der Waals surface area contributed by atoms with Gasteiger partial charge in [-0.1, -0.05) is 46.3 Å². The predicted molar refractivity (Wildman–Crippen MR) is 106 cm³/mol. The zero-order valence-corrected chi connectivity index (χ0v) is 16.3. The van der Waals surface area contributed by atoms with Gasteiger partial charge >= 0.3 is 0 Å². The Hall–Kier alpha value is -2.38. The monoisotopic (exact) mass is 430 g/mol. The summed E-state index contributed by atoms with van der Waals surface area (Å²) in [6.45, 7) is 1.67. The molecular formula is C19H15BrN2O3S. The van der Waals surface area contributed by atoms with Crippen molar-refractivity contribution in [3.05, 3.63) is 64.6 Å². The summed E-state index contributed by atoms with van der Waals surface area (Å²) in [5, 5.41) is 4.27. The highest BCUT2D eigenvalue weighted by Crippen LogP contribution is 2.41. The van der Waals surface area contributed by atoms with Gasteiger partial charge in [0.25, 0.3) is 10.0 Å². The molecule has 3 aromatic rings. The summed E-state index contributed by atoms with van der Waals surface area (Å²) >= 11 is 3.42. The summed E-state index contributed by atoms with van der Waals surface area (Å²) in [5.74, 6) is -0.394. The van der Waals surface area contributed by atoms with E-state index in [4.69, 9.17) is 0 Å². The quantitative estimate of drug-likeness (QED) is 0.680. The molecule has 0 aromatic heterocycles. The average molecular weight is 431 g/mol. The summed E-state index contributed by atoms with van der Waals surface area (Å²) in [7, 11) is -3.74. The molecule has 26 heavy (non-hydrogen) atoms. The molecule has 5 nitrogen and oxygen atoms in total. The number of nitrogens with zero attached hydrogens (tertiary/aromatic N) is 1. The first kappa shape index (κ1) is 17.1. The van der Waals surface area contributed by atoms with E-state index in [-0.39, 0.29) is 11.4 Å². The van der Waals surface area contributed by atoms with E-state index in [1.54, 1.807) is 36.4 Å². The van der Waals surface area contributed by atoms with Gasteiger partial charge in [-0.25, -0.2) is 8.42 Å². The molecule has 0 aliphatic carbocycles. The third kappa shape index (κ3) is 2.68. The number of anilines is 2. The molecule has 0 saturated heterocycles. The number of rotatable bonds is 3. The van der Waals surface area contributed by atoms with Crippen LogP contribution in [0.25, 0.3) is 10.8 Å². The fraction of sp³-hybridized carbons (Fsp3) is 0.105. The Kier molecular flexibility index (Phi) is 4.00. The maximum absolute atomic E-state index is 12.9. The lowest BCUT2D eigenvalue weighted by molar-refractivity contribution is -0.114. The molecule has 0 radical (unpaired) electrons. The third-order valence-electron chi connectivity index (χ3n) is 4.42. The molecule has 0 bridgehead atoms. The normalized spacial score (nSPS) is 14.6. The lowest BCUT2D eigenvalue weighted by atomic mass is 10.1. The van der Waals surface area contributed by atoms with Crippen molar-refractivity contribution in [3.8, 4) is 0 Å². The molecule has 1 aliphatic heterocycles. The second kappa shape index (κ2) is 6.10. The highest BCUT2D eigenvalue weighted by atomic mass is 79.9. The van der Waals surface area contributed by atoms with Gasteiger partial charge in [-0.3, -0.25) is 9.10 Å². The lowest BCUT2D eigenvalue weighted by Crippen LogP contribution is -2.35. The molecule has 1 amide bonds. The van der Waals surface area contributed by atoms with Crippen LogP contribution >= 0.6 is 15.9 Å². The number of hydrogen-bond donors (Lipinski definition) is 1. The largest absolute Gasteiger partial charge is 0.324 e. The van der Waals surface area contributed by atoms with Gasteiger partial charge in [0.1, 0.15) is 6.54 Å². The van der Waals surface area contributed by atoms with E-state index in [1.807, 2.05) is 25.1 Å². The summed E-state index contributed by atoms with van der Waals surface area (Å²) < 4.78 is 27.8. The Balaban J connectivity index is 1.65. The SMILES string of the molecule is Cc1ccc(NC(=O)CN2c3cccc4cccc(c34)S2(=O)=O)cc1Br. The van der Waals surface area contributed by atoms with Gasteiger partial charge in [0, 0.05) is 15.5 Å². The van der Waals surface area contributed by atoms with Gasteiger partial charge in [0.2, 0.25) is 5.91 Å². The topological polar surface area (TPSA) is 66.5 Å². The van der Waals surface area contributed by atoms with Gasteiger partial charge in [-0.05, 0) is 42.1 Å². The maximum Gasteiger partial charge on any atom is 0.265 e. The van der Waals surface area contributed by atoms with Crippen LogP contribution in [-0.2, 0) is 14.8 Å². The average Bonchev–Trinajstić information content (AvgIpc) is 2.82. The molecule has 0 atom stereocenters. The van der Waals surface area contributed by atoms with Crippen LogP contribution in [0.5, 0.6) is 0 Å². The van der Waals surface area contributed by atoms with Crippen LogP contribution in [0.1, 0.15) is 5.56 Å². The van der Waals surface area contributed by atoms with Crippen molar-refractivity contribution in [1.82, 2.24) is 0 Å². The number of sulfonamides is 1. The van der Waals surface area contributed by atoms with E-state index >= 15 is 0 Å². The number of aryl methyl sites for hydroxylation is 1. The van der Waals surface area contributed by atoms with E-state index in [1.165, 1.54) is 4.31 Å². The first-order valence-electron chi connectivity index (χ1n) is 7.98. The molecule has 0 spiro atoms. The Morgan fingerprint density at radius 1 is 1.12 bits per heavy atom. The number of halogens is 1. The Bertz CT molecular complexity index is 1150. The first-order valence-corrected chi connectivity index (χ1v) is 10.2. The Labute approximate surface area is 159 Å². The smallest absolute Gasteiger partial charge is 0.265 e. The second-order valence-corrected chi connectivity index (χ2v) is 8.84. The molecule has 1 aliphatic rings. The van der Waals surface area contributed by atoms with Crippen LogP contribution in [0, 0.1) is 6.92 Å². The minimum Gasteiger partial charge on any atom is -0.324 e. The minimum absolute atomic E-state index is 0.247. The van der Waals surface area contributed by atoms with E-state index < -0.39 is 15.9 Å². The van der Waals surface area contributed by atoms with Crippen molar-refractivity contribution in [1.29, 1.82) is 0 Å². The molecule has 4 rings (SSSR count). The van der Waals surface area contributed by atoms with Crippen molar-refractivity contribution in [2.24, 2.45) is 0 Å². The van der Waals surface area contributed by atoms with Crippen LogP contribution in [-0.4, -0.2) is 20.9 Å². The Morgan fingerprint density at radius 2 is 1.85 bits per heavy atom. The van der Waals surface area contributed by atoms with Crippen molar-refractivity contribution in [2.75, 3.05) is 16.2 Å². The van der Waals surface area contributed by atoms with E-state index in [9.17, 15) is 13.2 Å². The minimum atomic E-state index is -3.74. The van der Waals surface area contributed by atoms with Crippen molar-refractivity contribution < 1.29 is 13.2 Å². The van der Waals surface area contributed by atoms with Crippen LogP contribution in [0.3, 0.4) is 0 Å². The highest BCUT2D eigenvalue weighted by Gasteiger charge is 2.36. The Morgan fingerprint density at radius 3 is 2.58 bits per heavy atom. The van der Waals surface area contributed by atoms with Crippen LogP contribution < -0.4 is 9.62 Å². The lowest BCUT2D eigenvalue weighted by Gasteiger charge is -2.18. The number of hydrogen-bond acceptors (Lipinski definition) is 3. The molecule has 1 heterocycles. The number of nitrogens with one attached hydrogen (secondary N) is 1. The number of carbonyl (C=O) groups is 1. The van der Waals surface area contributed by atoms with Gasteiger partial charge < -0.3 is 5.32 Å². The van der Waals surface area contributed by atoms with Crippen LogP contribution in [0.4, 0.5) is 11.4 Å². The van der Waals surface area contributed by atoms with Crippen LogP contribution in [0.15, 0.2) is 64.0 Å². The summed E-state index contributed by atoms with van der Waals surface area (Å²) in [5.41, 5.74) is 2.20. The van der Waals surface area contributed by atoms with Crippen molar-refractivity contribution in [2.45, 2.75) is 11.8 Å². The standard InChI is InChI=1S/C19H15BrN2O3S/c1-12-8-9-14(10-15(12)20)21-18(23)11-22-16-6-2-4-13-5-3-7-17(19(13)16)26(22,24)25/h2-10H,11H2,1H3,(H,21,23). The van der Waals surface area contributed by atoms with Crippen molar-refractivity contribution in [3.63, 3.8) is 0 Å². The summed E-state index contributed by atoms with van der Waals surface area (Å²) in [6.07, 6.45) is 0. The fourth-order valence-electron chi connectivity index (χ4n) is 3.13. The number of carbonyl (C=O) groups excluding carboxylic acids is 1.